The fraction of sp³-hybridized carbons (Fsp3) is 0.600. The van der Waals surface area contributed by atoms with Crippen LogP contribution >= 0.6 is 0 Å². The van der Waals surface area contributed by atoms with Gasteiger partial charge in [-0.15, -0.1) is 0 Å². The summed E-state index contributed by atoms with van der Waals surface area (Å²) >= 11 is 0. The van der Waals surface area contributed by atoms with Crippen molar-refractivity contribution in [2.45, 2.75) is 31.2 Å². The van der Waals surface area contributed by atoms with Crippen molar-refractivity contribution in [3.8, 4) is 0 Å². The summed E-state index contributed by atoms with van der Waals surface area (Å²) in [4.78, 5) is 16.1. The molecule has 2 heterocycles. The molecular formula is C15H24N4O4S. The number of ether oxygens (including phenoxy) is 1. The SMILES string of the molecule is CCCNC(=O)C(C)Nc1ccc(S(=O)(=O)N2CCOCC2)cn1. The Hall–Kier alpha value is -1.71. The van der Waals surface area contributed by atoms with Crippen LogP contribution in [0.5, 0.6) is 0 Å². The smallest absolute Gasteiger partial charge is 0.244 e. The Morgan fingerprint density at radius 2 is 2.08 bits per heavy atom. The Balaban J connectivity index is 2.01. The van der Waals surface area contributed by atoms with Gasteiger partial charge in [0.1, 0.15) is 16.8 Å². The zero-order valence-corrected chi connectivity index (χ0v) is 14.8. The number of sulfonamides is 1. The van der Waals surface area contributed by atoms with Crippen LogP contribution in [0.15, 0.2) is 23.2 Å². The fourth-order valence-electron chi connectivity index (χ4n) is 2.24. The first kappa shape index (κ1) is 18.6. The number of carbonyl (C=O) groups excluding carboxylic acids is 1. The van der Waals surface area contributed by atoms with Crippen molar-refractivity contribution in [2.24, 2.45) is 0 Å². The van der Waals surface area contributed by atoms with Crippen molar-refractivity contribution in [3.63, 3.8) is 0 Å². The summed E-state index contributed by atoms with van der Waals surface area (Å²) in [5.41, 5.74) is 0. The van der Waals surface area contributed by atoms with Crippen LogP contribution < -0.4 is 10.6 Å². The second-order valence-corrected chi connectivity index (χ2v) is 7.49. The molecule has 0 saturated carbocycles. The molecule has 1 aliphatic heterocycles. The molecule has 1 saturated heterocycles. The molecule has 2 N–H and O–H groups in total. The molecule has 24 heavy (non-hydrogen) atoms. The minimum Gasteiger partial charge on any atom is -0.379 e. The fourth-order valence-corrected chi connectivity index (χ4v) is 3.60. The van der Waals surface area contributed by atoms with E-state index in [-0.39, 0.29) is 10.8 Å². The summed E-state index contributed by atoms with van der Waals surface area (Å²) < 4.78 is 31.6. The standard InChI is InChI=1S/C15H24N4O4S/c1-3-6-16-15(20)12(2)18-14-5-4-13(11-17-14)24(21,22)19-7-9-23-10-8-19/h4-5,11-12H,3,6-10H2,1-2H3,(H,16,20)(H,17,18). The van der Waals surface area contributed by atoms with Gasteiger partial charge in [-0.1, -0.05) is 6.92 Å². The molecule has 2 rings (SSSR count). The van der Waals surface area contributed by atoms with Crippen molar-refractivity contribution in [3.05, 3.63) is 18.3 Å². The van der Waals surface area contributed by atoms with Gasteiger partial charge in [-0.05, 0) is 25.5 Å². The largest absolute Gasteiger partial charge is 0.379 e. The average molecular weight is 356 g/mol. The van der Waals surface area contributed by atoms with E-state index in [1.165, 1.54) is 16.6 Å². The monoisotopic (exact) mass is 356 g/mol. The molecule has 1 atom stereocenters. The van der Waals surface area contributed by atoms with E-state index in [1.807, 2.05) is 6.92 Å². The van der Waals surface area contributed by atoms with Gasteiger partial charge in [0, 0.05) is 25.8 Å². The van der Waals surface area contributed by atoms with Crippen LogP contribution in [0.25, 0.3) is 0 Å². The molecule has 1 unspecified atom stereocenters. The first-order chi connectivity index (χ1) is 11.4. The predicted octanol–water partition coefficient (Wildman–Crippen LogP) is 0.429. The van der Waals surface area contributed by atoms with E-state index in [1.54, 1.807) is 13.0 Å². The van der Waals surface area contributed by atoms with Crippen molar-refractivity contribution < 1.29 is 17.9 Å². The highest BCUT2D eigenvalue weighted by Crippen LogP contribution is 2.17. The van der Waals surface area contributed by atoms with Gasteiger partial charge in [0.05, 0.1) is 13.2 Å². The van der Waals surface area contributed by atoms with Crippen LogP contribution in [-0.4, -0.2) is 62.5 Å². The summed E-state index contributed by atoms with van der Waals surface area (Å²) in [6.45, 7) is 5.81. The second-order valence-electron chi connectivity index (χ2n) is 5.55. The van der Waals surface area contributed by atoms with E-state index in [2.05, 4.69) is 15.6 Å². The lowest BCUT2D eigenvalue weighted by Crippen LogP contribution is -2.40. The van der Waals surface area contributed by atoms with Gasteiger partial charge in [-0.2, -0.15) is 4.31 Å². The van der Waals surface area contributed by atoms with Crippen LogP contribution in [0.2, 0.25) is 0 Å². The topological polar surface area (TPSA) is 101 Å². The van der Waals surface area contributed by atoms with Gasteiger partial charge in [0.2, 0.25) is 15.9 Å². The molecule has 134 valence electrons. The van der Waals surface area contributed by atoms with Crippen LogP contribution in [0.3, 0.4) is 0 Å². The minimum absolute atomic E-state index is 0.122. The number of pyridine rings is 1. The molecule has 1 fully saturated rings. The zero-order valence-electron chi connectivity index (χ0n) is 14.0. The number of hydrogen-bond acceptors (Lipinski definition) is 6. The molecule has 8 nitrogen and oxygen atoms in total. The number of hydrogen-bond donors (Lipinski definition) is 2. The number of anilines is 1. The summed E-state index contributed by atoms with van der Waals surface area (Å²) in [6.07, 6.45) is 2.18. The van der Waals surface area contributed by atoms with E-state index >= 15 is 0 Å². The summed E-state index contributed by atoms with van der Waals surface area (Å²) in [7, 11) is -3.55. The summed E-state index contributed by atoms with van der Waals surface area (Å²) in [6, 6.07) is 2.61. The van der Waals surface area contributed by atoms with E-state index in [0.29, 0.717) is 38.7 Å². The number of rotatable bonds is 7. The van der Waals surface area contributed by atoms with E-state index in [0.717, 1.165) is 6.42 Å². The molecule has 1 aliphatic rings. The first-order valence-electron chi connectivity index (χ1n) is 8.03. The number of nitrogens with one attached hydrogen (secondary N) is 2. The molecule has 1 amide bonds. The minimum atomic E-state index is -3.55. The number of amides is 1. The number of nitrogens with zero attached hydrogens (tertiary/aromatic N) is 2. The Kier molecular flexibility index (Phi) is 6.52. The molecule has 0 aliphatic carbocycles. The second kappa shape index (κ2) is 8.41. The summed E-state index contributed by atoms with van der Waals surface area (Å²) in [5, 5.41) is 5.74. The summed E-state index contributed by atoms with van der Waals surface area (Å²) in [5.74, 6) is 0.332. The van der Waals surface area contributed by atoms with Gasteiger partial charge in [-0.25, -0.2) is 13.4 Å². The van der Waals surface area contributed by atoms with E-state index in [4.69, 9.17) is 4.74 Å². The molecular weight excluding hydrogens is 332 g/mol. The highest BCUT2D eigenvalue weighted by atomic mass is 32.2. The lowest BCUT2D eigenvalue weighted by Gasteiger charge is -2.25. The van der Waals surface area contributed by atoms with Gasteiger partial charge in [0.15, 0.2) is 0 Å². The number of morpholine rings is 1. The molecule has 1 aromatic heterocycles. The lowest BCUT2D eigenvalue weighted by molar-refractivity contribution is -0.121. The Labute approximate surface area is 142 Å². The molecule has 1 aromatic rings. The quantitative estimate of drug-likeness (QED) is 0.735. The first-order valence-corrected chi connectivity index (χ1v) is 9.47. The Morgan fingerprint density at radius 1 is 1.38 bits per heavy atom. The van der Waals surface area contributed by atoms with Gasteiger partial charge < -0.3 is 15.4 Å². The highest BCUT2D eigenvalue weighted by Gasteiger charge is 2.26. The van der Waals surface area contributed by atoms with Gasteiger partial charge >= 0.3 is 0 Å². The van der Waals surface area contributed by atoms with Crippen molar-refractivity contribution in [1.82, 2.24) is 14.6 Å². The zero-order chi connectivity index (χ0) is 17.6. The van der Waals surface area contributed by atoms with Gasteiger partial charge in [0.25, 0.3) is 0 Å². The number of carbonyl (C=O) groups is 1. The van der Waals surface area contributed by atoms with Gasteiger partial charge in [-0.3, -0.25) is 4.79 Å². The maximum Gasteiger partial charge on any atom is 0.244 e. The Morgan fingerprint density at radius 3 is 2.67 bits per heavy atom. The molecule has 0 bridgehead atoms. The normalized spacial score (nSPS) is 17.2. The third kappa shape index (κ3) is 4.65. The van der Waals surface area contributed by atoms with Crippen LogP contribution in [0.4, 0.5) is 5.82 Å². The van der Waals surface area contributed by atoms with Crippen molar-refractivity contribution in [2.75, 3.05) is 38.2 Å². The predicted molar refractivity (Wildman–Crippen MR) is 90.2 cm³/mol. The lowest BCUT2D eigenvalue weighted by atomic mass is 10.3. The van der Waals surface area contributed by atoms with E-state index in [9.17, 15) is 13.2 Å². The number of aromatic nitrogens is 1. The van der Waals surface area contributed by atoms with Crippen LogP contribution in [-0.2, 0) is 19.6 Å². The highest BCUT2D eigenvalue weighted by molar-refractivity contribution is 7.89. The Bertz CT molecular complexity index is 642. The maximum absolute atomic E-state index is 12.5. The van der Waals surface area contributed by atoms with Crippen molar-refractivity contribution in [1.29, 1.82) is 0 Å². The van der Waals surface area contributed by atoms with Crippen LogP contribution in [0, 0.1) is 0 Å². The van der Waals surface area contributed by atoms with E-state index < -0.39 is 16.1 Å². The third-order valence-electron chi connectivity index (χ3n) is 3.65. The molecule has 0 aromatic carbocycles. The molecule has 0 radical (unpaired) electrons. The third-order valence-corrected chi connectivity index (χ3v) is 5.53. The molecule has 9 heteroatoms. The maximum atomic E-state index is 12.5. The molecule has 0 spiro atoms. The average Bonchev–Trinajstić information content (AvgIpc) is 2.60. The van der Waals surface area contributed by atoms with Crippen molar-refractivity contribution >= 4 is 21.7 Å². The van der Waals surface area contributed by atoms with Crippen LogP contribution in [0.1, 0.15) is 20.3 Å².